The molecule has 0 aromatic carbocycles. The normalized spacial score (nSPS) is 11.7. The molecule has 0 spiro atoms. The van der Waals surface area contributed by atoms with E-state index in [4.69, 9.17) is 10.2 Å². The van der Waals surface area contributed by atoms with Crippen LogP contribution in [-0.4, -0.2) is 13.4 Å². The van der Waals surface area contributed by atoms with Crippen molar-refractivity contribution in [3.8, 4) is 0 Å². The van der Waals surface area contributed by atoms with E-state index < -0.39 is 10.0 Å². The lowest BCUT2D eigenvalue weighted by Gasteiger charge is -2.09. The fraction of sp³-hybridized carbons (Fsp3) is 0.308. The van der Waals surface area contributed by atoms with Crippen LogP contribution in [0.3, 0.4) is 0 Å². The standard InChI is InChI=1S/C13H16BrN3O3S/c1-7-11(14)4-5-12(16-7)17-21(18,19)13-9(3)20-8(2)10(13)6-15/h4-5H,6,15H2,1-3H3,(H,16,17). The van der Waals surface area contributed by atoms with Crippen molar-refractivity contribution in [2.24, 2.45) is 5.73 Å². The molecule has 21 heavy (non-hydrogen) atoms. The number of sulfonamides is 1. The Kier molecular flexibility index (Phi) is 4.40. The summed E-state index contributed by atoms with van der Waals surface area (Å²) in [5.41, 5.74) is 6.79. The number of aromatic nitrogens is 1. The van der Waals surface area contributed by atoms with Crippen LogP contribution in [0.15, 0.2) is 25.9 Å². The molecule has 2 aromatic heterocycles. The molecular formula is C13H16BrN3O3S. The van der Waals surface area contributed by atoms with Gasteiger partial charge in [0.05, 0.1) is 5.69 Å². The molecule has 0 aliphatic rings. The maximum absolute atomic E-state index is 12.5. The number of furan rings is 1. The molecule has 114 valence electrons. The highest BCUT2D eigenvalue weighted by molar-refractivity contribution is 9.10. The van der Waals surface area contributed by atoms with Crippen LogP contribution in [0.5, 0.6) is 0 Å². The Bertz CT molecular complexity index is 784. The summed E-state index contributed by atoms with van der Waals surface area (Å²) in [6, 6.07) is 3.32. The van der Waals surface area contributed by atoms with Gasteiger partial charge in [-0.1, -0.05) is 0 Å². The maximum Gasteiger partial charge on any atom is 0.266 e. The molecule has 0 bridgehead atoms. The first-order chi connectivity index (χ1) is 9.76. The number of halogens is 1. The second kappa shape index (κ2) is 5.78. The van der Waals surface area contributed by atoms with Gasteiger partial charge in [0.15, 0.2) is 0 Å². The second-order valence-electron chi connectivity index (χ2n) is 4.60. The first kappa shape index (κ1) is 16.0. The first-order valence-corrected chi connectivity index (χ1v) is 8.48. The number of anilines is 1. The molecular weight excluding hydrogens is 358 g/mol. The SMILES string of the molecule is Cc1nc(NS(=O)(=O)c2c(C)oc(C)c2CN)ccc1Br. The number of nitrogens with two attached hydrogens (primary N) is 1. The van der Waals surface area contributed by atoms with Crippen molar-refractivity contribution in [3.05, 3.63) is 39.4 Å². The molecule has 0 fully saturated rings. The van der Waals surface area contributed by atoms with E-state index in [0.717, 1.165) is 4.47 Å². The topological polar surface area (TPSA) is 98.2 Å². The number of nitrogens with one attached hydrogen (secondary N) is 1. The Morgan fingerprint density at radius 3 is 2.52 bits per heavy atom. The van der Waals surface area contributed by atoms with Gasteiger partial charge in [-0.25, -0.2) is 13.4 Å². The van der Waals surface area contributed by atoms with Gasteiger partial charge in [-0.05, 0) is 48.8 Å². The van der Waals surface area contributed by atoms with Crippen LogP contribution in [0.2, 0.25) is 0 Å². The smallest absolute Gasteiger partial charge is 0.266 e. The molecule has 0 amide bonds. The molecule has 0 aliphatic carbocycles. The summed E-state index contributed by atoms with van der Waals surface area (Å²) in [6.45, 7) is 5.16. The van der Waals surface area contributed by atoms with Crippen LogP contribution in [-0.2, 0) is 16.6 Å². The third kappa shape index (κ3) is 3.12. The highest BCUT2D eigenvalue weighted by Gasteiger charge is 2.26. The molecule has 3 N–H and O–H groups in total. The summed E-state index contributed by atoms with van der Waals surface area (Å²) in [6.07, 6.45) is 0. The van der Waals surface area contributed by atoms with E-state index in [1.165, 1.54) is 0 Å². The summed E-state index contributed by atoms with van der Waals surface area (Å²) in [5.74, 6) is 1.07. The van der Waals surface area contributed by atoms with Crippen molar-refractivity contribution in [2.75, 3.05) is 4.72 Å². The highest BCUT2D eigenvalue weighted by atomic mass is 79.9. The van der Waals surface area contributed by atoms with Crippen molar-refractivity contribution in [2.45, 2.75) is 32.2 Å². The highest BCUT2D eigenvalue weighted by Crippen LogP contribution is 2.28. The van der Waals surface area contributed by atoms with Crippen LogP contribution in [0.4, 0.5) is 5.82 Å². The second-order valence-corrected chi connectivity index (χ2v) is 7.07. The summed E-state index contributed by atoms with van der Waals surface area (Å²) in [7, 11) is -3.80. The lowest BCUT2D eigenvalue weighted by Crippen LogP contribution is -2.17. The molecule has 0 atom stereocenters. The van der Waals surface area contributed by atoms with Gasteiger partial charge in [-0.3, -0.25) is 4.72 Å². The minimum atomic E-state index is -3.80. The maximum atomic E-state index is 12.5. The van der Waals surface area contributed by atoms with Gasteiger partial charge in [0.25, 0.3) is 10.0 Å². The molecule has 2 aromatic rings. The number of hydrogen-bond acceptors (Lipinski definition) is 5. The van der Waals surface area contributed by atoms with Crippen molar-refractivity contribution in [1.29, 1.82) is 0 Å². The van der Waals surface area contributed by atoms with E-state index in [0.29, 0.717) is 22.8 Å². The van der Waals surface area contributed by atoms with Crippen LogP contribution in [0, 0.1) is 20.8 Å². The molecule has 0 aliphatic heterocycles. The van der Waals surface area contributed by atoms with E-state index in [1.54, 1.807) is 32.9 Å². The van der Waals surface area contributed by atoms with Gasteiger partial charge in [0, 0.05) is 16.6 Å². The molecule has 2 heterocycles. The minimum Gasteiger partial charge on any atom is -0.465 e. The van der Waals surface area contributed by atoms with Crippen LogP contribution < -0.4 is 10.5 Å². The van der Waals surface area contributed by atoms with Crippen LogP contribution >= 0.6 is 15.9 Å². The largest absolute Gasteiger partial charge is 0.465 e. The van der Waals surface area contributed by atoms with E-state index in [-0.39, 0.29) is 17.3 Å². The van der Waals surface area contributed by atoms with Crippen molar-refractivity contribution < 1.29 is 12.8 Å². The van der Waals surface area contributed by atoms with Gasteiger partial charge >= 0.3 is 0 Å². The summed E-state index contributed by atoms with van der Waals surface area (Å²) in [5, 5.41) is 0. The average molecular weight is 374 g/mol. The van der Waals surface area contributed by atoms with E-state index >= 15 is 0 Å². The first-order valence-electron chi connectivity index (χ1n) is 6.21. The van der Waals surface area contributed by atoms with Gasteiger partial charge < -0.3 is 10.2 Å². The number of pyridine rings is 1. The molecule has 0 radical (unpaired) electrons. The predicted octanol–water partition coefficient (Wildman–Crippen LogP) is 2.62. The Balaban J connectivity index is 2.45. The summed E-state index contributed by atoms with van der Waals surface area (Å²) >= 11 is 3.32. The van der Waals surface area contributed by atoms with E-state index in [1.807, 2.05) is 0 Å². The zero-order valence-electron chi connectivity index (χ0n) is 11.9. The van der Waals surface area contributed by atoms with Gasteiger partial charge in [0.1, 0.15) is 22.2 Å². The van der Waals surface area contributed by atoms with Gasteiger partial charge in [0.2, 0.25) is 0 Å². The monoisotopic (exact) mass is 373 g/mol. The molecule has 2 rings (SSSR count). The number of rotatable bonds is 4. The Labute approximate surface area is 131 Å². The average Bonchev–Trinajstić information content (AvgIpc) is 2.68. The Morgan fingerprint density at radius 1 is 1.29 bits per heavy atom. The fourth-order valence-corrected chi connectivity index (χ4v) is 3.77. The molecule has 0 saturated carbocycles. The number of nitrogens with zero attached hydrogens (tertiary/aromatic N) is 1. The third-order valence-electron chi connectivity index (χ3n) is 3.06. The van der Waals surface area contributed by atoms with Crippen molar-refractivity contribution in [1.82, 2.24) is 4.98 Å². The fourth-order valence-electron chi connectivity index (χ4n) is 2.09. The zero-order chi connectivity index (χ0) is 15.8. The molecule has 6 nitrogen and oxygen atoms in total. The lowest BCUT2D eigenvalue weighted by molar-refractivity contribution is 0.494. The van der Waals surface area contributed by atoms with E-state index in [2.05, 4.69) is 25.6 Å². The van der Waals surface area contributed by atoms with Gasteiger partial charge in [-0.2, -0.15) is 0 Å². The number of aryl methyl sites for hydroxylation is 3. The number of hydrogen-bond donors (Lipinski definition) is 2. The zero-order valence-corrected chi connectivity index (χ0v) is 14.3. The Hall–Kier alpha value is -1.38. The van der Waals surface area contributed by atoms with Crippen molar-refractivity contribution >= 4 is 31.8 Å². The van der Waals surface area contributed by atoms with Gasteiger partial charge in [-0.15, -0.1) is 0 Å². The summed E-state index contributed by atoms with van der Waals surface area (Å²) < 4.78 is 33.7. The summed E-state index contributed by atoms with van der Waals surface area (Å²) in [4.78, 5) is 4.26. The molecule has 0 saturated heterocycles. The van der Waals surface area contributed by atoms with E-state index in [9.17, 15) is 8.42 Å². The van der Waals surface area contributed by atoms with Crippen LogP contribution in [0.1, 0.15) is 22.8 Å². The molecule has 0 unspecified atom stereocenters. The Morgan fingerprint density at radius 2 is 1.95 bits per heavy atom. The minimum absolute atomic E-state index is 0.0878. The quantitative estimate of drug-likeness (QED) is 0.857. The third-order valence-corrected chi connectivity index (χ3v) is 5.45. The predicted molar refractivity (Wildman–Crippen MR) is 83.6 cm³/mol. The van der Waals surface area contributed by atoms with Crippen molar-refractivity contribution in [3.63, 3.8) is 0 Å². The molecule has 8 heteroatoms. The lowest BCUT2D eigenvalue weighted by atomic mass is 10.2. The van der Waals surface area contributed by atoms with Crippen LogP contribution in [0.25, 0.3) is 0 Å².